The molecule has 318 valence electrons. The Bertz CT molecular complexity index is 2560. The summed E-state index contributed by atoms with van der Waals surface area (Å²) in [5, 5.41) is 19.8. The lowest BCUT2D eigenvalue weighted by atomic mass is 9.74. The van der Waals surface area contributed by atoms with Gasteiger partial charge in [-0.15, -0.1) is 0 Å². The predicted molar refractivity (Wildman–Crippen MR) is 238 cm³/mol. The number of carbonyl (C=O) groups excluding carboxylic acids is 2. The molecule has 8 N–H and O–H groups in total. The van der Waals surface area contributed by atoms with Gasteiger partial charge in [0.15, 0.2) is 0 Å². The van der Waals surface area contributed by atoms with Crippen molar-refractivity contribution in [1.29, 1.82) is 0 Å². The maximum atomic E-state index is 14.3. The van der Waals surface area contributed by atoms with Crippen LogP contribution in [0.1, 0.15) is 139 Å². The number of imide groups is 1. The van der Waals surface area contributed by atoms with E-state index in [-0.39, 0.29) is 5.69 Å². The van der Waals surface area contributed by atoms with E-state index >= 15 is 0 Å². The lowest BCUT2D eigenvalue weighted by Gasteiger charge is -2.30. The van der Waals surface area contributed by atoms with Crippen molar-refractivity contribution in [3.63, 3.8) is 0 Å². The highest BCUT2D eigenvalue weighted by atomic mass is 16.4. The molecule has 0 saturated carbocycles. The van der Waals surface area contributed by atoms with E-state index in [1.165, 1.54) is 22.3 Å². The van der Waals surface area contributed by atoms with E-state index in [1.807, 2.05) is 0 Å². The van der Waals surface area contributed by atoms with Gasteiger partial charge in [0.1, 0.15) is 0 Å². The minimum atomic E-state index is -1.63. The first-order valence-corrected chi connectivity index (χ1v) is 21.5. The first-order chi connectivity index (χ1) is 28.7. The molecule has 2 amide bonds. The van der Waals surface area contributed by atoms with Gasteiger partial charge in [0, 0.05) is 32.9 Å². The molecule has 2 atom stereocenters. The van der Waals surface area contributed by atoms with E-state index in [0.717, 1.165) is 80.7 Å². The number of allylic oxidation sites excluding steroid dienone is 2. The van der Waals surface area contributed by atoms with Crippen molar-refractivity contribution in [2.75, 3.05) is 4.90 Å². The SMILES string of the molecule is CCC1=C(CC)c2nc1cc1[nH]c(cc3[nH]c(cc4nc5c(cc(N(C(=O)C(N)CC(=O)O)C(=O)C(N)CC(=O)O)cc25)C4(CC)CC)c(CC)c3CC)c(CC)c1CC. The standard InChI is InChI=1S/C47H59N7O6/c1-9-25-26(10-2)37-22-38-29(13-5)30(14-6)43(52-38)31-17-24(54(45(59)33(48)19-41(55)56)46(60)34(49)20-42(57)58)18-32-44(31)53-40(47(32,15-7)16-8)23-39-28(12-4)27(11-3)36(51-39)21-35(25)50-37/h17-18,21-23,33-34,50-51H,9-16,19-20,48-49H2,1-8H3,(H,55,56)(H,57,58). The number of carbonyl (C=O) groups is 4. The van der Waals surface area contributed by atoms with Crippen molar-refractivity contribution in [2.45, 2.75) is 137 Å². The largest absolute Gasteiger partial charge is 0.481 e. The van der Waals surface area contributed by atoms with Gasteiger partial charge in [0.2, 0.25) is 0 Å². The summed E-state index contributed by atoms with van der Waals surface area (Å²) in [7, 11) is 0. The molecule has 5 heterocycles. The number of carboxylic acid groups (broad SMARTS) is 2. The molecule has 13 heteroatoms. The number of anilines is 1. The van der Waals surface area contributed by atoms with E-state index in [4.69, 9.17) is 21.4 Å². The molecule has 2 unspecified atom stereocenters. The van der Waals surface area contributed by atoms with Gasteiger partial charge in [-0.25, -0.2) is 9.88 Å². The number of hydrogen-bond donors (Lipinski definition) is 6. The molecule has 60 heavy (non-hydrogen) atoms. The number of nitrogens with two attached hydrogens (primary N) is 2. The normalized spacial score (nSPS) is 14.5. The maximum Gasteiger partial charge on any atom is 0.305 e. The molecule has 0 spiro atoms. The van der Waals surface area contributed by atoms with Crippen LogP contribution in [0.4, 0.5) is 5.69 Å². The molecule has 6 rings (SSSR count). The average Bonchev–Trinajstić information content (AvgIpc) is 3.94. The number of carboxylic acids is 2. The molecule has 4 aromatic rings. The summed E-state index contributed by atoms with van der Waals surface area (Å²) in [5.74, 6) is -4.69. The van der Waals surface area contributed by atoms with Gasteiger partial charge in [-0.05, 0) is 121 Å². The van der Waals surface area contributed by atoms with Gasteiger partial charge in [-0.1, -0.05) is 55.4 Å². The first kappa shape index (κ1) is 43.9. The van der Waals surface area contributed by atoms with E-state index in [9.17, 15) is 29.4 Å². The van der Waals surface area contributed by atoms with Gasteiger partial charge in [-0.3, -0.25) is 24.2 Å². The predicted octanol–water partition coefficient (Wildman–Crippen LogP) is 8.02. The van der Waals surface area contributed by atoms with Gasteiger partial charge in [0.05, 0.1) is 53.2 Å². The molecule has 1 aromatic carbocycles. The molecule has 0 aliphatic carbocycles. The number of aryl methyl sites for hydroxylation is 4. The summed E-state index contributed by atoms with van der Waals surface area (Å²) in [6.45, 7) is 17.0. The smallest absolute Gasteiger partial charge is 0.305 e. The number of amides is 2. The number of nitrogens with one attached hydrogen (secondary N) is 2. The number of benzene rings is 1. The van der Waals surface area contributed by atoms with Crippen molar-refractivity contribution >= 4 is 73.6 Å². The summed E-state index contributed by atoms with van der Waals surface area (Å²) in [4.78, 5) is 71.4. The fourth-order valence-electron chi connectivity index (χ4n) is 9.63. The molecule has 0 fully saturated rings. The number of hydrogen-bond acceptors (Lipinski definition) is 8. The number of aromatic nitrogens is 4. The van der Waals surface area contributed by atoms with E-state index in [2.05, 4.69) is 83.6 Å². The third-order valence-corrected chi connectivity index (χ3v) is 12.6. The van der Waals surface area contributed by atoms with Crippen LogP contribution in [0.5, 0.6) is 0 Å². The molecule has 0 radical (unpaired) electrons. The van der Waals surface area contributed by atoms with Crippen LogP contribution in [0, 0.1) is 0 Å². The average molecular weight is 818 g/mol. The summed E-state index contributed by atoms with van der Waals surface area (Å²) in [5.41, 5.74) is 26.4. The van der Waals surface area contributed by atoms with Crippen LogP contribution >= 0.6 is 0 Å². The van der Waals surface area contributed by atoms with Crippen LogP contribution in [0.2, 0.25) is 0 Å². The summed E-state index contributed by atoms with van der Waals surface area (Å²) in [6.07, 6.45) is 4.26. The Labute approximate surface area is 350 Å². The Morgan fingerprint density at radius 3 is 1.53 bits per heavy atom. The Morgan fingerprint density at radius 2 is 1.10 bits per heavy atom. The van der Waals surface area contributed by atoms with Crippen LogP contribution in [0.3, 0.4) is 0 Å². The second kappa shape index (κ2) is 17.5. The molecule has 3 aromatic heterocycles. The number of H-pyrrole nitrogens is 2. The Hall–Kier alpha value is -5.66. The summed E-state index contributed by atoms with van der Waals surface area (Å²) >= 11 is 0. The summed E-state index contributed by atoms with van der Waals surface area (Å²) < 4.78 is 0. The van der Waals surface area contributed by atoms with E-state index in [1.54, 1.807) is 12.1 Å². The molecule has 2 aliphatic heterocycles. The van der Waals surface area contributed by atoms with Crippen molar-refractivity contribution in [1.82, 2.24) is 19.9 Å². The van der Waals surface area contributed by atoms with Crippen LogP contribution in [-0.4, -0.2) is 66.0 Å². The van der Waals surface area contributed by atoms with E-state index in [0.29, 0.717) is 42.3 Å². The Kier molecular flexibility index (Phi) is 12.8. The minimum absolute atomic E-state index is 0.0869. The zero-order valence-electron chi connectivity index (χ0n) is 36.1. The topological polar surface area (TPSA) is 221 Å². The Balaban J connectivity index is 1.88. The fraction of sp³-hybridized carbons (Fsp3) is 0.447. The highest BCUT2D eigenvalue weighted by Crippen LogP contribution is 2.48. The third-order valence-electron chi connectivity index (χ3n) is 12.6. The van der Waals surface area contributed by atoms with Gasteiger partial charge < -0.3 is 31.6 Å². The molecular weight excluding hydrogens is 759 g/mol. The monoisotopic (exact) mass is 817 g/mol. The van der Waals surface area contributed by atoms with Gasteiger partial charge >= 0.3 is 11.9 Å². The number of aromatic amines is 2. The van der Waals surface area contributed by atoms with Crippen LogP contribution in [0.15, 0.2) is 30.3 Å². The molecule has 8 bridgehead atoms. The van der Waals surface area contributed by atoms with Crippen molar-refractivity contribution in [3.8, 4) is 0 Å². The Morgan fingerprint density at radius 1 is 0.633 bits per heavy atom. The fourth-order valence-corrected chi connectivity index (χ4v) is 9.63. The zero-order valence-corrected chi connectivity index (χ0v) is 36.1. The van der Waals surface area contributed by atoms with Crippen LogP contribution in [-0.2, 0) is 50.3 Å². The van der Waals surface area contributed by atoms with E-state index < -0.39 is 54.1 Å². The number of fused-ring (bicyclic) bond motifs is 8. The number of nitrogens with zero attached hydrogens (tertiary/aromatic N) is 3. The van der Waals surface area contributed by atoms with Gasteiger partial charge in [-0.2, -0.15) is 0 Å². The van der Waals surface area contributed by atoms with Crippen LogP contribution in [0.25, 0.3) is 44.1 Å². The molecular formula is C47H59N7O6. The molecule has 2 aliphatic rings. The second-order valence-electron chi connectivity index (χ2n) is 15.8. The third kappa shape index (κ3) is 7.42. The highest BCUT2D eigenvalue weighted by molar-refractivity contribution is 6.20. The zero-order chi connectivity index (χ0) is 43.8. The molecule has 13 nitrogen and oxygen atoms in total. The summed E-state index contributed by atoms with van der Waals surface area (Å²) in [6, 6.07) is 6.69. The van der Waals surface area contributed by atoms with Crippen molar-refractivity contribution in [2.24, 2.45) is 11.5 Å². The number of rotatable bonds is 15. The highest BCUT2D eigenvalue weighted by Gasteiger charge is 2.41. The lowest BCUT2D eigenvalue weighted by molar-refractivity contribution is -0.140. The second-order valence-corrected chi connectivity index (χ2v) is 15.8. The van der Waals surface area contributed by atoms with Crippen molar-refractivity contribution in [3.05, 3.63) is 75.2 Å². The lowest BCUT2D eigenvalue weighted by Crippen LogP contribution is -2.53. The van der Waals surface area contributed by atoms with Gasteiger partial charge in [0.25, 0.3) is 11.8 Å². The number of aliphatic carboxylic acids is 2. The molecule has 0 saturated heterocycles. The quantitative estimate of drug-likeness (QED) is 0.0678. The maximum absolute atomic E-state index is 14.3. The van der Waals surface area contributed by atoms with Crippen LogP contribution < -0.4 is 16.4 Å². The first-order valence-electron chi connectivity index (χ1n) is 21.5. The minimum Gasteiger partial charge on any atom is -0.481 e. The van der Waals surface area contributed by atoms with Crippen molar-refractivity contribution < 1.29 is 29.4 Å².